The Kier molecular flexibility index (Phi) is 7.51. The highest BCUT2D eigenvalue weighted by Crippen LogP contribution is 2.50. The molecule has 0 unspecified atom stereocenters. The van der Waals surface area contributed by atoms with Gasteiger partial charge in [-0.2, -0.15) is 5.26 Å². The fourth-order valence-electron chi connectivity index (χ4n) is 4.71. The molecule has 9 heteroatoms. The van der Waals surface area contributed by atoms with Crippen LogP contribution in [0.1, 0.15) is 67.6 Å². The van der Waals surface area contributed by atoms with Gasteiger partial charge in [0.2, 0.25) is 0 Å². The SMILES string of the molecule is CC(C)OC(=O)CC1=N[C@@]2(c3cc(NC(=O)c4ccc(C#N)cn4)ccc3F)CCCC[C@H]2CS1. The van der Waals surface area contributed by atoms with Crippen LogP contribution in [0.25, 0.3) is 0 Å². The molecular formula is C26H27FN4O3S. The normalized spacial score (nSPS) is 21.5. The molecule has 35 heavy (non-hydrogen) atoms. The van der Waals surface area contributed by atoms with Gasteiger partial charge in [-0.3, -0.25) is 14.6 Å². The highest BCUT2D eigenvalue weighted by atomic mass is 32.2. The van der Waals surface area contributed by atoms with Crippen LogP contribution in [0.15, 0.2) is 41.5 Å². The van der Waals surface area contributed by atoms with Crippen molar-refractivity contribution in [3.05, 3.63) is 59.2 Å². The Morgan fingerprint density at radius 1 is 1.31 bits per heavy atom. The molecule has 0 radical (unpaired) electrons. The number of esters is 1. The first-order valence-electron chi connectivity index (χ1n) is 11.7. The zero-order valence-corrected chi connectivity index (χ0v) is 20.5. The number of anilines is 1. The second-order valence-corrected chi connectivity index (χ2v) is 10.2. The third kappa shape index (κ3) is 5.54. The first-order chi connectivity index (χ1) is 16.8. The van der Waals surface area contributed by atoms with Gasteiger partial charge in [0, 0.05) is 23.2 Å². The fourth-order valence-corrected chi connectivity index (χ4v) is 5.99. The summed E-state index contributed by atoms with van der Waals surface area (Å²) in [7, 11) is 0. The lowest BCUT2D eigenvalue weighted by Gasteiger charge is -2.45. The number of pyridine rings is 1. The van der Waals surface area contributed by atoms with E-state index in [2.05, 4.69) is 10.3 Å². The Labute approximate surface area is 208 Å². The zero-order valence-electron chi connectivity index (χ0n) is 19.7. The molecule has 1 fully saturated rings. The van der Waals surface area contributed by atoms with Crippen molar-refractivity contribution < 1.29 is 18.7 Å². The lowest BCUT2D eigenvalue weighted by molar-refractivity contribution is -0.145. The van der Waals surface area contributed by atoms with Gasteiger partial charge in [0.15, 0.2) is 0 Å². The van der Waals surface area contributed by atoms with Crippen LogP contribution in [0.5, 0.6) is 0 Å². The molecule has 1 saturated carbocycles. The van der Waals surface area contributed by atoms with E-state index in [4.69, 9.17) is 15.0 Å². The number of hydrogen-bond donors (Lipinski definition) is 1. The standard InChI is InChI=1S/C26H27FN4O3S/c1-16(2)34-24(32)12-23-31-26(10-4-3-5-18(26)15-35-23)20-11-19(7-8-21(20)27)30-25(33)22-9-6-17(13-28)14-29-22/h6-9,11,14,16,18H,3-5,10,12,15H2,1-2H3,(H,30,33)/t18-,26-/m0/s1. The van der Waals surface area contributed by atoms with Crippen molar-refractivity contribution in [3.63, 3.8) is 0 Å². The molecule has 1 aliphatic heterocycles. The van der Waals surface area contributed by atoms with Gasteiger partial charge >= 0.3 is 5.97 Å². The summed E-state index contributed by atoms with van der Waals surface area (Å²) in [5.41, 5.74) is 0.595. The molecular weight excluding hydrogens is 467 g/mol. The van der Waals surface area contributed by atoms with Gasteiger partial charge in [-0.15, -0.1) is 11.8 Å². The van der Waals surface area contributed by atoms with Gasteiger partial charge in [0.05, 0.1) is 28.7 Å². The molecule has 1 amide bonds. The third-order valence-corrected chi connectivity index (χ3v) is 7.43. The Bertz CT molecular complexity index is 1190. The summed E-state index contributed by atoms with van der Waals surface area (Å²) in [6.45, 7) is 3.60. The first-order valence-corrected chi connectivity index (χ1v) is 12.7. The molecule has 1 aliphatic carbocycles. The van der Waals surface area contributed by atoms with Crippen LogP contribution in [0.2, 0.25) is 0 Å². The maximum atomic E-state index is 15.3. The molecule has 1 aromatic heterocycles. The van der Waals surface area contributed by atoms with Crippen molar-refractivity contribution >= 4 is 34.4 Å². The van der Waals surface area contributed by atoms with Gasteiger partial charge < -0.3 is 10.1 Å². The van der Waals surface area contributed by atoms with E-state index in [1.54, 1.807) is 31.7 Å². The highest BCUT2D eigenvalue weighted by molar-refractivity contribution is 8.14. The lowest BCUT2D eigenvalue weighted by atomic mass is 9.69. The summed E-state index contributed by atoms with van der Waals surface area (Å²) in [5.74, 6) is -0.298. The number of hydrogen-bond acceptors (Lipinski definition) is 7. The van der Waals surface area contributed by atoms with E-state index in [-0.39, 0.29) is 35.9 Å². The summed E-state index contributed by atoms with van der Waals surface area (Å²) >= 11 is 1.54. The van der Waals surface area contributed by atoms with Crippen LogP contribution in [0, 0.1) is 23.1 Å². The summed E-state index contributed by atoms with van der Waals surface area (Å²) in [6, 6.07) is 9.46. The van der Waals surface area contributed by atoms with Crippen LogP contribution in [0.4, 0.5) is 10.1 Å². The van der Waals surface area contributed by atoms with Crippen molar-refractivity contribution in [1.29, 1.82) is 5.26 Å². The Balaban J connectivity index is 1.64. The van der Waals surface area contributed by atoms with Crippen LogP contribution < -0.4 is 5.32 Å². The maximum Gasteiger partial charge on any atom is 0.312 e. The van der Waals surface area contributed by atoms with E-state index in [1.165, 1.54) is 30.5 Å². The summed E-state index contributed by atoms with van der Waals surface area (Å²) < 4.78 is 20.6. The number of fused-ring (bicyclic) bond motifs is 1. The minimum Gasteiger partial charge on any atom is -0.463 e. The average Bonchev–Trinajstić information content (AvgIpc) is 2.84. The van der Waals surface area contributed by atoms with Gasteiger partial charge in [0.1, 0.15) is 17.6 Å². The van der Waals surface area contributed by atoms with Crippen LogP contribution in [-0.2, 0) is 15.1 Å². The molecule has 0 saturated heterocycles. The van der Waals surface area contributed by atoms with Crippen LogP contribution in [-0.4, -0.2) is 33.8 Å². The summed E-state index contributed by atoms with van der Waals surface area (Å²) in [5, 5.41) is 12.4. The number of rotatable bonds is 6. The number of nitriles is 1. The van der Waals surface area contributed by atoms with Gasteiger partial charge in [-0.05, 0) is 62.9 Å². The minimum atomic E-state index is -0.783. The van der Waals surface area contributed by atoms with Crippen LogP contribution in [0.3, 0.4) is 0 Å². The monoisotopic (exact) mass is 494 g/mol. The molecule has 4 rings (SSSR count). The van der Waals surface area contributed by atoms with Crippen molar-refractivity contribution in [1.82, 2.24) is 4.98 Å². The van der Waals surface area contributed by atoms with Crippen molar-refractivity contribution in [2.75, 3.05) is 11.1 Å². The highest BCUT2D eigenvalue weighted by Gasteiger charge is 2.46. The number of ether oxygens (including phenoxy) is 1. The summed E-state index contributed by atoms with van der Waals surface area (Å²) in [4.78, 5) is 34.0. The number of amides is 1. The number of carbonyl (C=O) groups excluding carboxylic acids is 2. The third-order valence-electron chi connectivity index (χ3n) is 6.29. The number of carbonyl (C=O) groups is 2. The van der Waals surface area contributed by atoms with Crippen LogP contribution >= 0.6 is 11.8 Å². The van der Waals surface area contributed by atoms with Gasteiger partial charge in [-0.25, -0.2) is 9.37 Å². The number of nitrogens with zero attached hydrogens (tertiary/aromatic N) is 3. The zero-order chi connectivity index (χ0) is 25.0. The number of aromatic nitrogens is 1. The summed E-state index contributed by atoms with van der Waals surface area (Å²) in [6.07, 6.45) is 4.74. The van der Waals surface area contributed by atoms with E-state index in [0.29, 0.717) is 28.3 Å². The molecule has 2 atom stereocenters. The smallest absolute Gasteiger partial charge is 0.312 e. The molecule has 2 heterocycles. The van der Waals surface area contributed by atoms with E-state index in [9.17, 15) is 9.59 Å². The largest absolute Gasteiger partial charge is 0.463 e. The Morgan fingerprint density at radius 3 is 2.86 bits per heavy atom. The number of aliphatic imine (C=N–C) groups is 1. The molecule has 1 N–H and O–H groups in total. The minimum absolute atomic E-state index is 0.0692. The number of benzene rings is 1. The molecule has 1 aromatic carbocycles. The second kappa shape index (κ2) is 10.6. The first kappa shape index (κ1) is 24.9. The molecule has 7 nitrogen and oxygen atoms in total. The van der Waals surface area contributed by atoms with Gasteiger partial charge in [-0.1, -0.05) is 12.8 Å². The number of nitrogens with one attached hydrogen (secondary N) is 1. The van der Waals surface area contributed by atoms with Crippen molar-refractivity contribution in [2.24, 2.45) is 10.9 Å². The van der Waals surface area contributed by atoms with Crippen molar-refractivity contribution in [2.45, 2.75) is 57.6 Å². The molecule has 182 valence electrons. The van der Waals surface area contributed by atoms with E-state index in [0.717, 1.165) is 25.0 Å². The molecule has 2 aromatic rings. The second-order valence-electron chi connectivity index (χ2n) is 9.09. The molecule has 0 spiro atoms. The van der Waals surface area contributed by atoms with E-state index >= 15 is 4.39 Å². The Morgan fingerprint density at radius 2 is 2.14 bits per heavy atom. The number of thioether (sulfide) groups is 1. The topological polar surface area (TPSA) is 104 Å². The van der Waals surface area contributed by atoms with E-state index < -0.39 is 11.4 Å². The predicted molar refractivity (Wildman–Crippen MR) is 133 cm³/mol. The lowest BCUT2D eigenvalue weighted by Crippen LogP contribution is -2.42. The van der Waals surface area contributed by atoms with E-state index in [1.807, 2.05) is 6.07 Å². The fraction of sp³-hybridized carbons (Fsp3) is 0.423. The molecule has 2 aliphatic rings. The quantitative estimate of drug-likeness (QED) is 0.552. The predicted octanol–water partition coefficient (Wildman–Crippen LogP) is 5.22. The van der Waals surface area contributed by atoms with Crippen molar-refractivity contribution in [3.8, 4) is 6.07 Å². The average molecular weight is 495 g/mol. The number of halogens is 1. The van der Waals surface area contributed by atoms with Gasteiger partial charge in [0.25, 0.3) is 5.91 Å². The Hall–Kier alpha value is -3.25. The maximum absolute atomic E-state index is 15.3. The molecule has 0 bridgehead atoms.